The van der Waals surface area contributed by atoms with Crippen molar-refractivity contribution in [3.05, 3.63) is 93.7 Å². The lowest BCUT2D eigenvalue weighted by Crippen LogP contribution is -2.24. The number of hydrogen-bond donors (Lipinski definition) is 1. The van der Waals surface area contributed by atoms with Crippen molar-refractivity contribution in [2.24, 2.45) is 0 Å². The Labute approximate surface area is 180 Å². The van der Waals surface area contributed by atoms with E-state index in [-0.39, 0.29) is 17.5 Å². The molecule has 0 unspecified atom stereocenters. The minimum Gasteiger partial charge on any atom is -0.348 e. The number of fused-ring (bicyclic) bond motifs is 1. The Kier molecular flexibility index (Phi) is 5.66. The number of hydrogen-bond acceptors (Lipinski definition) is 4. The topological polar surface area (TPSA) is 81.8 Å². The van der Waals surface area contributed by atoms with E-state index in [1.807, 2.05) is 61.9 Å². The normalized spacial score (nSPS) is 11.2. The third-order valence-corrected chi connectivity index (χ3v) is 5.22. The molecule has 0 saturated carbocycles. The molecule has 4 rings (SSSR count). The standard InChI is InChI=1S/C24H25N5O2/c1-16(2)29-23-20(14-26-29)12-21(17(3)27-23)24(31)25-13-18-7-9-19(10-8-18)15-28-11-5-4-6-22(28)30/h4-12,14,16H,13,15H2,1-3H3,(H,25,31). The smallest absolute Gasteiger partial charge is 0.253 e. The van der Waals surface area contributed by atoms with Crippen molar-refractivity contribution in [2.45, 2.75) is 39.9 Å². The van der Waals surface area contributed by atoms with E-state index < -0.39 is 0 Å². The molecule has 0 atom stereocenters. The van der Waals surface area contributed by atoms with Crippen LogP contribution in [0.3, 0.4) is 0 Å². The van der Waals surface area contributed by atoms with E-state index in [0.717, 1.165) is 22.2 Å². The minimum atomic E-state index is -0.163. The lowest BCUT2D eigenvalue weighted by molar-refractivity contribution is 0.0950. The second kappa shape index (κ2) is 8.55. The summed E-state index contributed by atoms with van der Waals surface area (Å²) in [5.74, 6) is -0.163. The van der Waals surface area contributed by atoms with Crippen LogP contribution in [0, 0.1) is 6.92 Å². The largest absolute Gasteiger partial charge is 0.348 e. The fourth-order valence-corrected chi connectivity index (χ4v) is 3.50. The van der Waals surface area contributed by atoms with E-state index in [1.54, 1.807) is 29.1 Å². The second-order valence-electron chi connectivity index (χ2n) is 7.88. The Balaban J connectivity index is 1.43. The molecule has 0 saturated heterocycles. The van der Waals surface area contributed by atoms with Crippen molar-refractivity contribution < 1.29 is 4.79 Å². The molecule has 4 aromatic rings. The summed E-state index contributed by atoms with van der Waals surface area (Å²) >= 11 is 0. The predicted molar refractivity (Wildman–Crippen MR) is 120 cm³/mol. The Hall–Kier alpha value is -3.74. The lowest BCUT2D eigenvalue weighted by Gasteiger charge is -2.10. The summed E-state index contributed by atoms with van der Waals surface area (Å²) in [5.41, 5.74) is 4.00. The number of carbonyl (C=O) groups is 1. The van der Waals surface area contributed by atoms with Crippen LogP contribution in [-0.4, -0.2) is 25.2 Å². The van der Waals surface area contributed by atoms with Gasteiger partial charge in [-0.2, -0.15) is 5.10 Å². The van der Waals surface area contributed by atoms with Crippen LogP contribution >= 0.6 is 0 Å². The molecule has 1 N–H and O–H groups in total. The molecule has 31 heavy (non-hydrogen) atoms. The van der Waals surface area contributed by atoms with Gasteiger partial charge in [0.25, 0.3) is 11.5 Å². The van der Waals surface area contributed by atoms with Crippen molar-refractivity contribution in [1.29, 1.82) is 0 Å². The number of benzene rings is 1. The molecule has 0 fully saturated rings. The van der Waals surface area contributed by atoms with Crippen LogP contribution < -0.4 is 10.9 Å². The van der Waals surface area contributed by atoms with Gasteiger partial charge in [-0.05, 0) is 44.0 Å². The van der Waals surface area contributed by atoms with E-state index in [9.17, 15) is 9.59 Å². The summed E-state index contributed by atoms with van der Waals surface area (Å²) in [7, 11) is 0. The molecule has 0 spiro atoms. The first-order chi connectivity index (χ1) is 14.9. The zero-order valence-electron chi connectivity index (χ0n) is 17.9. The summed E-state index contributed by atoms with van der Waals surface area (Å²) in [5, 5.41) is 8.19. The maximum absolute atomic E-state index is 12.8. The van der Waals surface area contributed by atoms with Gasteiger partial charge >= 0.3 is 0 Å². The molecular weight excluding hydrogens is 390 g/mol. The highest BCUT2D eigenvalue weighted by atomic mass is 16.1. The van der Waals surface area contributed by atoms with Crippen molar-refractivity contribution in [2.75, 3.05) is 0 Å². The number of aryl methyl sites for hydroxylation is 1. The third kappa shape index (κ3) is 4.40. The Bertz CT molecular complexity index is 1290. The quantitative estimate of drug-likeness (QED) is 0.523. The van der Waals surface area contributed by atoms with Gasteiger partial charge in [0.05, 0.1) is 24.0 Å². The molecule has 158 valence electrons. The average molecular weight is 415 g/mol. The number of nitrogens with zero attached hydrogens (tertiary/aromatic N) is 4. The molecule has 0 aliphatic heterocycles. The maximum Gasteiger partial charge on any atom is 0.253 e. The van der Waals surface area contributed by atoms with Gasteiger partial charge in [-0.15, -0.1) is 0 Å². The fourth-order valence-electron chi connectivity index (χ4n) is 3.50. The van der Waals surface area contributed by atoms with Gasteiger partial charge in [0.15, 0.2) is 5.65 Å². The highest BCUT2D eigenvalue weighted by molar-refractivity contribution is 5.98. The molecule has 3 heterocycles. The first kappa shape index (κ1) is 20.5. The summed E-state index contributed by atoms with van der Waals surface area (Å²) in [6, 6.07) is 15.0. The van der Waals surface area contributed by atoms with Crippen molar-refractivity contribution >= 4 is 16.9 Å². The van der Waals surface area contributed by atoms with E-state index in [2.05, 4.69) is 15.4 Å². The molecule has 1 aromatic carbocycles. The van der Waals surface area contributed by atoms with Crippen LogP contribution in [0.1, 0.15) is 47.1 Å². The van der Waals surface area contributed by atoms with E-state index in [0.29, 0.717) is 24.3 Å². The molecule has 1 amide bonds. The van der Waals surface area contributed by atoms with E-state index >= 15 is 0 Å². The average Bonchev–Trinajstić information content (AvgIpc) is 3.17. The number of carbonyl (C=O) groups excluding carboxylic acids is 1. The Morgan fingerprint density at radius 2 is 1.84 bits per heavy atom. The van der Waals surface area contributed by atoms with Gasteiger partial charge in [-0.25, -0.2) is 9.67 Å². The van der Waals surface area contributed by atoms with Gasteiger partial charge in [-0.1, -0.05) is 30.3 Å². The number of nitrogens with one attached hydrogen (secondary N) is 1. The number of amides is 1. The third-order valence-electron chi connectivity index (χ3n) is 5.22. The Morgan fingerprint density at radius 3 is 2.55 bits per heavy atom. The first-order valence-corrected chi connectivity index (χ1v) is 10.3. The molecule has 7 heteroatoms. The summed E-state index contributed by atoms with van der Waals surface area (Å²) in [6.45, 7) is 6.86. The van der Waals surface area contributed by atoms with Gasteiger partial charge < -0.3 is 9.88 Å². The Morgan fingerprint density at radius 1 is 1.10 bits per heavy atom. The molecule has 3 aromatic heterocycles. The molecule has 0 aliphatic carbocycles. The van der Waals surface area contributed by atoms with Crippen molar-refractivity contribution in [3.8, 4) is 0 Å². The van der Waals surface area contributed by atoms with Crippen LogP contribution in [-0.2, 0) is 13.1 Å². The number of pyridine rings is 2. The van der Waals surface area contributed by atoms with Crippen molar-refractivity contribution in [3.63, 3.8) is 0 Å². The van der Waals surface area contributed by atoms with Crippen LogP contribution in [0.5, 0.6) is 0 Å². The number of aromatic nitrogens is 4. The summed E-state index contributed by atoms with van der Waals surface area (Å²) < 4.78 is 3.51. The molecule has 0 radical (unpaired) electrons. The fraction of sp³-hybridized carbons (Fsp3) is 0.250. The molecular formula is C24H25N5O2. The summed E-state index contributed by atoms with van der Waals surface area (Å²) in [6.07, 6.45) is 3.52. The molecule has 0 aliphatic rings. The van der Waals surface area contributed by atoms with E-state index in [1.165, 1.54) is 0 Å². The highest BCUT2D eigenvalue weighted by Crippen LogP contribution is 2.19. The van der Waals surface area contributed by atoms with E-state index in [4.69, 9.17) is 0 Å². The van der Waals surface area contributed by atoms with Gasteiger partial charge in [-0.3, -0.25) is 9.59 Å². The van der Waals surface area contributed by atoms with Gasteiger partial charge in [0.1, 0.15) is 0 Å². The van der Waals surface area contributed by atoms with Crippen LogP contribution in [0.25, 0.3) is 11.0 Å². The highest BCUT2D eigenvalue weighted by Gasteiger charge is 2.15. The zero-order valence-corrected chi connectivity index (χ0v) is 17.9. The minimum absolute atomic E-state index is 0.0290. The van der Waals surface area contributed by atoms with Gasteiger partial charge in [0.2, 0.25) is 0 Å². The maximum atomic E-state index is 12.8. The predicted octanol–water partition coefficient (Wildman–Crippen LogP) is 3.46. The van der Waals surface area contributed by atoms with Crippen molar-refractivity contribution in [1.82, 2.24) is 24.6 Å². The summed E-state index contributed by atoms with van der Waals surface area (Å²) in [4.78, 5) is 29.2. The monoisotopic (exact) mass is 415 g/mol. The first-order valence-electron chi connectivity index (χ1n) is 10.3. The van der Waals surface area contributed by atoms with Crippen LogP contribution in [0.4, 0.5) is 0 Å². The zero-order chi connectivity index (χ0) is 22.0. The molecule has 0 bridgehead atoms. The molecule has 7 nitrogen and oxygen atoms in total. The second-order valence-corrected chi connectivity index (χ2v) is 7.88. The lowest BCUT2D eigenvalue weighted by atomic mass is 10.1. The number of rotatable bonds is 6. The SMILES string of the molecule is Cc1nc2c(cnn2C(C)C)cc1C(=O)NCc1ccc(Cn2ccccc2=O)cc1. The van der Waals surface area contributed by atoms with Gasteiger partial charge in [0, 0.05) is 30.2 Å². The van der Waals surface area contributed by atoms with Crippen LogP contribution in [0.15, 0.2) is 65.7 Å². The van der Waals surface area contributed by atoms with Crippen LogP contribution in [0.2, 0.25) is 0 Å².